The molecule has 24 heavy (non-hydrogen) atoms. The lowest BCUT2D eigenvalue weighted by Gasteiger charge is -2.10. The molecule has 0 aliphatic carbocycles. The van der Waals surface area contributed by atoms with E-state index < -0.39 is 0 Å². The van der Waals surface area contributed by atoms with Crippen LogP contribution in [0.5, 0.6) is 0 Å². The lowest BCUT2D eigenvalue weighted by Crippen LogP contribution is -2.19. The minimum atomic E-state index is -0.145. The number of aromatic nitrogens is 1. The van der Waals surface area contributed by atoms with Crippen molar-refractivity contribution >= 4 is 34.1 Å². The Morgan fingerprint density at radius 1 is 0.958 bits per heavy atom. The van der Waals surface area contributed by atoms with E-state index in [1.807, 2.05) is 35.8 Å². The van der Waals surface area contributed by atoms with E-state index in [0.29, 0.717) is 11.4 Å². The van der Waals surface area contributed by atoms with Crippen molar-refractivity contribution in [1.82, 2.24) is 4.57 Å². The first kappa shape index (κ1) is 15.8. The van der Waals surface area contributed by atoms with Crippen molar-refractivity contribution in [3.63, 3.8) is 0 Å². The highest BCUT2D eigenvalue weighted by molar-refractivity contribution is 5.94. The van der Waals surface area contributed by atoms with E-state index in [1.165, 1.54) is 6.92 Å². The molecule has 5 nitrogen and oxygen atoms in total. The lowest BCUT2D eigenvalue weighted by atomic mass is 10.2. The zero-order valence-corrected chi connectivity index (χ0v) is 13.7. The summed E-state index contributed by atoms with van der Waals surface area (Å²) < 4.78 is 1.99. The maximum absolute atomic E-state index is 12.4. The van der Waals surface area contributed by atoms with Crippen LogP contribution in [0.15, 0.2) is 54.6 Å². The molecule has 0 saturated carbocycles. The molecular formula is C19H19N3O2. The van der Waals surface area contributed by atoms with Gasteiger partial charge in [0.05, 0.1) is 0 Å². The number of nitrogens with zero attached hydrogens (tertiary/aromatic N) is 1. The molecule has 0 spiro atoms. The van der Waals surface area contributed by atoms with E-state index in [-0.39, 0.29) is 18.4 Å². The Morgan fingerprint density at radius 2 is 1.67 bits per heavy atom. The topological polar surface area (TPSA) is 63.1 Å². The summed E-state index contributed by atoms with van der Waals surface area (Å²) in [6.45, 7) is 3.68. The van der Waals surface area contributed by atoms with Crippen molar-refractivity contribution in [3.05, 3.63) is 60.3 Å². The number of hydrogen-bond donors (Lipinski definition) is 2. The molecule has 122 valence electrons. The second-order valence-electron chi connectivity index (χ2n) is 5.74. The standard InChI is InChI=1S/C19H19N3O2/c1-13-10-15-6-3-4-9-18(15)22(13)12-19(24)21-17-8-5-7-16(11-17)20-14(2)23/h3-11H,12H2,1-2H3,(H,20,23)(H,21,24). The van der Waals surface area contributed by atoms with Crippen LogP contribution in [0.4, 0.5) is 11.4 Å². The van der Waals surface area contributed by atoms with Crippen LogP contribution in [-0.4, -0.2) is 16.4 Å². The van der Waals surface area contributed by atoms with E-state index in [2.05, 4.69) is 16.7 Å². The van der Waals surface area contributed by atoms with Gasteiger partial charge in [-0.25, -0.2) is 0 Å². The van der Waals surface area contributed by atoms with Gasteiger partial charge in [-0.15, -0.1) is 0 Å². The smallest absolute Gasteiger partial charge is 0.244 e. The predicted octanol–water partition coefficient (Wildman–Crippen LogP) is 3.55. The molecule has 3 rings (SSSR count). The van der Waals surface area contributed by atoms with Crippen LogP contribution in [0.25, 0.3) is 10.9 Å². The number of carbonyl (C=O) groups excluding carboxylic acids is 2. The molecule has 1 heterocycles. The number of aryl methyl sites for hydroxylation is 1. The first-order chi connectivity index (χ1) is 11.5. The average molecular weight is 321 g/mol. The highest BCUT2D eigenvalue weighted by Gasteiger charge is 2.10. The van der Waals surface area contributed by atoms with Gasteiger partial charge in [-0.05, 0) is 42.6 Å². The highest BCUT2D eigenvalue weighted by Crippen LogP contribution is 2.20. The number of carbonyl (C=O) groups is 2. The van der Waals surface area contributed by atoms with Crippen LogP contribution in [0, 0.1) is 6.92 Å². The molecular weight excluding hydrogens is 302 g/mol. The lowest BCUT2D eigenvalue weighted by molar-refractivity contribution is -0.116. The summed E-state index contributed by atoms with van der Waals surface area (Å²) in [5, 5.41) is 6.70. The first-order valence-electron chi connectivity index (χ1n) is 7.75. The fourth-order valence-corrected chi connectivity index (χ4v) is 2.78. The Hall–Kier alpha value is -3.08. The van der Waals surface area contributed by atoms with Gasteiger partial charge >= 0.3 is 0 Å². The van der Waals surface area contributed by atoms with E-state index in [0.717, 1.165) is 16.6 Å². The summed E-state index contributed by atoms with van der Waals surface area (Å²) in [5.41, 5.74) is 3.39. The van der Waals surface area contributed by atoms with Crippen molar-refractivity contribution in [2.24, 2.45) is 0 Å². The third kappa shape index (κ3) is 3.46. The SMILES string of the molecule is CC(=O)Nc1cccc(NC(=O)Cn2c(C)cc3ccccc32)c1. The molecule has 2 amide bonds. The third-order valence-corrected chi connectivity index (χ3v) is 3.79. The van der Waals surface area contributed by atoms with E-state index in [1.54, 1.807) is 24.3 Å². The molecule has 0 radical (unpaired) electrons. The molecule has 2 aromatic carbocycles. The molecule has 0 saturated heterocycles. The maximum Gasteiger partial charge on any atom is 0.244 e. The Morgan fingerprint density at radius 3 is 2.42 bits per heavy atom. The number of benzene rings is 2. The zero-order chi connectivity index (χ0) is 17.1. The molecule has 0 aliphatic rings. The van der Waals surface area contributed by atoms with Crippen LogP contribution in [0.3, 0.4) is 0 Å². The van der Waals surface area contributed by atoms with Gasteiger partial charge in [-0.3, -0.25) is 9.59 Å². The first-order valence-corrected chi connectivity index (χ1v) is 7.75. The number of nitrogens with one attached hydrogen (secondary N) is 2. The van der Waals surface area contributed by atoms with Crippen LogP contribution in [0.1, 0.15) is 12.6 Å². The largest absolute Gasteiger partial charge is 0.335 e. The molecule has 5 heteroatoms. The molecule has 3 aromatic rings. The molecule has 0 unspecified atom stereocenters. The van der Waals surface area contributed by atoms with Gasteiger partial charge in [0.2, 0.25) is 11.8 Å². The van der Waals surface area contributed by atoms with Crippen molar-refractivity contribution in [3.8, 4) is 0 Å². The van der Waals surface area contributed by atoms with E-state index in [9.17, 15) is 9.59 Å². The molecule has 0 fully saturated rings. The normalized spacial score (nSPS) is 10.6. The van der Waals surface area contributed by atoms with Gasteiger partial charge < -0.3 is 15.2 Å². The van der Waals surface area contributed by atoms with Gasteiger partial charge in [0.15, 0.2) is 0 Å². The van der Waals surface area contributed by atoms with Crippen LogP contribution in [0.2, 0.25) is 0 Å². The number of fused-ring (bicyclic) bond motifs is 1. The van der Waals surface area contributed by atoms with Gasteiger partial charge in [0.1, 0.15) is 6.54 Å². The second-order valence-corrected chi connectivity index (χ2v) is 5.74. The number of hydrogen-bond acceptors (Lipinski definition) is 2. The predicted molar refractivity (Wildman–Crippen MR) is 96.1 cm³/mol. The van der Waals surface area contributed by atoms with Crippen molar-refractivity contribution < 1.29 is 9.59 Å². The molecule has 2 N–H and O–H groups in total. The Bertz CT molecular complexity index is 912. The molecule has 0 bridgehead atoms. The Balaban J connectivity index is 1.76. The van der Waals surface area contributed by atoms with Crippen LogP contribution in [-0.2, 0) is 16.1 Å². The second kappa shape index (κ2) is 6.58. The van der Waals surface area contributed by atoms with Crippen molar-refractivity contribution in [2.75, 3.05) is 10.6 Å². The van der Waals surface area contributed by atoms with Crippen molar-refractivity contribution in [1.29, 1.82) is 0 Å². The molecule has 1 aromatic heterocycles. The van der Waals surface area contributed by atoms with Crippen LogP contribution < -0.4 is 10.6 Å². The fourth-order valence-electron chi connectivity index (χ4n) is 2.78. The van der Waals surface area contributed by atoms with Gasteiger partial charge in [-0.2, -0.15) is 0 Å². The van der Waals surface area contributed by atoms with Gasteiger partial charge in [-0.1, -0.05) is 24.3 Å². The maximum atomic E-state index is 12.4. The van der Waals surface area contributed by atoms with Crippen LogP contribution >= 0.6 is 0 Å². The Labute approximate surface area is 140 Å². The summed E-state index contributed by atoms with van der Waals surface area (Å²) in [5.74, 6) is -0.257. The number of para-hydroxylation sites is 1. The summed E-state index contributed by atoms with van der Waals surface area (Å²) in [6.07, 6.45) is 0. The minimum absolute atomic E-state index is 0.112. The van der Waals surface area contributed by atoms with Crippen molar-refractivity contribution in [2.45, 2.75) is 20.4 Å². The van der Waals surface area contributed by atoms with E-state index >= 15 is 0 Å². The zero-order valence-electron chi connectivity index (χ0n) is 13.7. The number of rotatable bonds is 4. The fraction of sp³-hybridized carbons (Fsp3) is 0.158. The average Bonchev–Trinajstić information content (AvgIpc) is 2.83. The minimum Gasteiger partial charge on any atom is -0.335 e. The van der Waals surface area contributed by atoms with E-state index in [4.69, 9.17) is 0 Å². The Kier molecular flexibility index (Phi) is 4.33. The summed E-state index contributed by atoms with van der Waals surface area (Å²) >= 11 is 0. The monoisotopic (exact) mass is 321 g/mol. The molecule has 0 atom stereocenters. The number of amides is 2. The molecule has 0 aliphatic heterocycles. The summed E-state index contributed by atoms with van der Waals surface area (Å²) in [7, 11) is 0. The highest BCUT2D eigenvalue weighted by atomic mass is 16.2. The summed E-state index contributed by atoms with van der Waals surface area (Å²) in [4.78, 5) is 23.5. The third-order valence-electron chi connectivity index (χ3n) is 3.79. The van der Waals surface area contributed by atoms with Gasteiger partial charge in [0, 0.05) is 29.5 Å². The summed E-state index contributed by atoms with van der Waals surface area (Å²) in [6, 6.07) is 17.2. The van der Waals surface area contributed by atoms with Gasteiger partial charge in [0.25, 0.3) is 0 Å². The number of anilines is 2. The quantitative estimate of drug-likeness (QED) is 0.772.